The number of hydrogen-bond donors (Lipinski definition) is 0. The molecule has 0 amide bonds. The summed E-state index contributed by atoms with van der Waals surface area (Å²) in [6.45, 7) is 6.39. The molecule has 1 fully saturated rings. The number of esters is 1. The van der Waals surface area contributed by atoms with E-state index in [1.54, 1.807) is 13.8 Å². The van der Waals surface area contributed by atoms with Crippen molar-refractivity contribution in [2.24, 2.45) is 5.92 Å². The molecule has 1 aliphatic heterocycles. The van der Waals surface area contributed by atoms with Gasteiger partial charge in [-0.25, -0.2) is 0 Å². The Hall–Kier alpha value is -0.610. The molecular formula is C9H16O4. The normalized spacial score (nSPS) is 30.1. The van der Waals surface area contributed by atoms with Gasteiger partial charge in [-0.2, -0.15) is 0 Å². The van der Waals surface area contributed by atoms with Crippen LogP contribution in [0.3, 0.4) is 0 Å². The van der Waals surface area contributed by atoms with Crippen molar-refractivity contribution in [2.45, 2.75) is 33.2 Å². The summed E-state index contributed by atoms with van der Waals surface area (Å²) in [6.07, 6.45) is -0.365. The van der Waals surface area contributed by atoms with Crippen molar-refractivity contribution in [1.82, 2.24) is 0 Å². The summed E-state index contributed by atoms with van der Waals surface area (Å²) in [4.78, 5) is 11.3. The van der Waals surface area contributed by atoms with Gasteiger partial charge in [0.15, 0.2) is 6.29 Å². The molecule has 0 spiro atoms. The highest BCUT2D eigenvalue weighted by Gasteiger charge is 2.32. The van der Waals surface area contributed by atoms with E-state index in [0.717, 1.165) is 0 Å². The van der Waals surface area contributed by atoms with E-state index in [0.29, 0.717) is 13.2 Å². The first-order valence-corrected chi connectivity index (χ1v) is 4.58. The largest absolute Gasteiger partial charge is 0.466 e. The maximum absolute atomic E-state index is 11.3. The van der Waals surface area contributed by atoms with Gasteiger partial charge < -0.3 is 14.2 Å². The van der Waals surface area contributed by atoms with Crippen LogP contribution < -0.4 is 0 Å². The molecule has 4 nitrogen and oxygen atoms in total. The Labute approximate surface area is 78.2 Å². The summed E-state index contributed by atoms with van der Waals surface area (Å²) in [5, 5.41) is 0. The minimum Gasteiger partial charge on any atom is -0.466 e. The molecule has 0 bridgehead atoms. The van der Waals surface area contributed by atoms with Gasteiger partial charge >= 0.3 is 5.97 Å². The van der Waals surface area contributed by atoms with Crippen LogP contribution in [-0.4, -0.2) is 31.6 Å². The predicted molar refractivity (Wildman–Crippen MR) is 46.1 cm³/mol. The topological polar surface area (TPSA) is 44.8 Å². The fourth-order valence-electron chi connectivity index (χ4n) is 1.18. The van der Waals surface area contributed by atoms with Gasteiger partial charge in [0, 0.05) is 0 Å². The van der Waals surface area contributed by atoms with Crippen molar-refractivity contribution in [2.75, 3.05) is 13.2 Å². The second kappa shape index (κ2) is 4.58. The van der Waals surface area contributed by atoms with Crippen LogP contribution in [0.1, 0.15) is 20.8 Å². The first kappa shape index (κ1) is 10.5. The standard InChI is InChI=1S/C9H16O4/c1-4-11-8(10)7(3)9-12-5-6(2)13-9/h6-7,9H,4-5H2,1-3H3. The molecule has 0 radical (unpaired) electrons. The molecule has 0 aromatic rings. The molecule has 4 heteroatoms. The van der Waals surface area contributed by atoms with E-state index in [2.05, 4.69) is 0 Å². The van der Waals surface area contributed by atoms with E-state index in [1.165, 1.54) is 0 Å². The van der Waals surface area contributed by atoms with E-state index in [1.807, 2.05) is 6.92 Å². The van der Waals surface area contributed by atoms with Gasteiger partial charge in [0.1, 0.15) is 5.92 Å². The van der Waals surface area contributed by atoms with Crippen LogP contribution in [0.25, 0.3) is 0 Å². The van der Waals surface area contributed by atoms with Crippen LogP contribution >= 0.6 is 0 Å². The molecule has 1 aliphatic rings. The highest BCUT2D eigenvalue weighted by molar-refractivity contribution is 5.72. The van der Waals surface area contributed by atoms with Gasteiger partial charge in [-0.1, -0.05) is 0 Å². The molecule has 13 heavy (non-hydrogen) atoms. The van der Waals surface area contributed by atoms with Crippen LogP contribution in [0.5, 0.6) is 0 Å². The number of carbonyl (C=O) groups is 1. The molecule has 3 unspecified atom stereocenters. The Morgan fingerprint density at radius 1 is 1.69 bits per heavy atom. The minimum absolute atomic E-state index is 0.0712. The minimum atomic E-state index is -0.436. The Bertz CT molecular complexity index is 180. The third-order valence-corrected chi connectivity index (χ3v) is 1.93. The summed E-state index contributed by atoms with van der Waals surface area (Å²) in [5.74, 6) is -0.605. The van der Waals surface area contributed by atoms with Gasteiger partial charge in [0.2, 0.25) is 0 Å². The molecule has 0 aromatic heterocycles. The van der Waals surface area contributed by atoms with Gasteiger partial charge in [-0.15, -0.1) is 0 Å². The SMILES string of the molecule is CCOC(=O)C(C)C1OCC(C)O1. The third-order valence-electron chi connectivity index (χ3n) is 1.93. The molecule has 76 valence electrons. The van der Waals surface area contributed by atoms with Crippen LogP contribution in [0.2, 0.25) is 0 Å². The fourth-order valence-corrected chi connectivity index (χ4v) is 1.18. The summed E-state index contributed by atoms with van der Waals surface area (Å²) >= 11 is 0. The van der Waals surface area contributed by atoms with Gasteiger partial charge in [-0.3, -0.25) is 4.79 Å². The maximum Gasteiger partial charge on any atom is 0.313 e. The monoisotopic (exact) mass is 188 g/mol. The zero-order valence-corrected chi connectivity index (χ0v) is 8.28. The fraction of sp³-hybridized carbons (Fsp3) is 0.889. The number of ether oxygens (including phenoxy) is 3. The van der Waals surface area contributed by atoms with Crippen LogP contribution in [0.15, 0.2) is 0 Å². The quantitative estimate of drug-likeness (QED) is 0.618. The molecule has 1 heterocycles. The summed E-state index contributed by atoms with van der Waals surface area (Å²) in [5.41, 5.74) is 0. The number of hydrogen-bond acceptors (Lipinski definition) is 4. The lowest BCUT2D eigenvalue weighted by Crippen LogP contribution is -2.28. The van der Waals surface area contributed by atoms with Crippen molar-refractivity contribution in [1.29, 1.82) is 0 Å². The first-order valence-electron chi connectivity index (χ1n) is 4.58. The Kier molecular flexibility index (Phi) is 3.69. The Morgan fingerprint density at radius 2 is 2.38 bits per heavy atom. The summed E-state index contributed by atoms with van der Waals surface area (Å²) < 4.78 is 15.5. The van der Waals surface area contributed by atoms with Crippen molar-refractivity contribution >= 4 is 5.97 Å². The maximum atomic E-state index is 11.3. The zero-order valence-electron chi connectivity index (χ0n) is 8.28. The molecule has 0 aliphatic carbocycles. The predicted octanol–water partition coefficient (Wildman–Crippen LogP) is 0.947. The first-order chi connectivity index (χ1) is 6.15. The van der Waals surface area contributed by atoms with E-state index >= 15 is 0 Å². The van der Waals surface area contributed by atoms with Crippen molar-refractivity contribution in [3.05, 3.63) is 0 Å². The highest BCUT2D eigenvalue weighted by atomic mass is 16.7. The smallest absolute Gasteiger partial charge is 0.313 e. The lowest BCUT2D eigenvalue weighted by atomic mass is 10.2. The number of carbonyl (C=O) groups excluding carboxylic acids is 1. The van der Waals surface area contributed by atoms with Crippen LogP contribution in [-0.2, 0) is 19.0 Å². The lowest BCUT2D eigenvalue weighted by molar-refractivity contribution is -0.163. The zero-order chi connectivity index (χ0) is 9.84. The summed E-state index contributed by atoms with van der Waals surface area (Å²) in [7, 11) is 0. The van der Waals surface area contributed by atoms with E-state index < -0.39 is 6.29 Å². The Balaban J connectivity index is 2.38. The second-order valence-electron chi connectivity index (χ2n) is 3.19. The molecule has 0 aromatic carbocycles. The van der Waals surface area contributed by atoms with E-state index in [4.69, 9.17) is 14.2 Å². The van der Waals surface area contributed by atoms with Crippen molar-refractivity contribution in [3.63, 3.8) is 0 Å². The Morgan fingerprint density at radius 3 is 2.85 bits per heavy atom. The molecule has 0 saturated carbocycles. The van der Waals surface area contributed by atoms with Crippen molar-refractivity contribution < 1.29 is 19.0 Å². The van der Waals surface area contributed by atoms with Gasteiger partial charge in [-0.05, 0) is 20.8 Å². The molecule has 3 atom stereocenters. The molecule has 0 N–H and O–H groups in total. The van der Waals surface area contributed by atoms with Crippen LogP contribution in [0.4, 0.5) is 0 Å². The average Bonchev–Trinajstić information content (AvgIpc) is 2.51. The van der Waals surface area contributed by atoms with Gasteiger partial charge in [0.25, 0.3) is 0 Å². The molecule has 1 rings (SSSR count). The van der Waals surface area contributed by atoms with E-state index in [9.17, 15) is 4.79 Å². The van der Waals surface area contributed by atoms with E-state index in [-0.39, 0.29) is 18.0 Å². The summed E-state index contributed by atoms with van der Waals surface area (Å²) in [6, 6.07) is 0. The third kappa shape index (κ3) is 2.67. The van der Waals surface area contributed by atoms with Crippen molar-refractivity contribution in [3.8, 4) is 0 Å². The second-order valence-corrected chi connectivity index (χ2v) is 3.19. The molecule has 1 saturated heterocycles. The number of rotatable bonds is 3. The lowest BCUT2D eigenvalue weighted by Gasteiger charge is -2.16. The van der Waals surface area contributed by atoms with Gasteiger partial charge in [0.05, 0.1) is 19.3 Å². The average molecular weight is 188 g/mol. The van der Waals surface area contributed by atoms with Crippen LogP contribution in [0, 0.1) is 5.92 Å². The highest BCUT2D eigenvalue weighted by Crippen LogP contribution is 2.19. The molecular weight excluding hydrogens is 172 g/mol.